The molecule has 1 aliphatic heterocycles. The molecule has 0 unspecified atom stereocenters. The van der Waals surface area contributed by atoms with Crippen LogP contribution >= 0.6 is 0 Å². The minimum Gasteiger partial charge on any atom is -0.336 e. The van der Waals surface area contributed by atoms with Crippen molar-refractivity contribution in [2.45, 2.75) is 18.4 Å². The summed E-state index contributed by atoms with van der Waals surface area (Å²) in [6.07, 6.45) is 0. The van der Waals surface area contributed by atoms with E-state index < -0.39 is 10.0 Å². The minimum absolute atomic E-state index is 0.0230. The van der Waals surface area contributed by atoms with E-state index in [9.17, 15) is 13.2 Å². The lowest BCUT2D eigenvalue weighted by atomic mass is 10.1. The van der Waals surface area contributed by atoms with Crippen molar-refractivity contribution in [1.82, 2.24) is 14.5 Å². The van der Waals surface area contributed by atoms with E-state index in [1.54, 1.807) is 48.5 Å². The van der Waals surface area contributed by atoms with Crippen LogP contribution in [-0.4, -0.2) is 57.4 Å². The molecular formula is C20H25N3O3S. The number of benzene rings is 2. The lowest BCUT2D eigenvalue weighted by molar-refractivity contribution is 0.0664. The summed E-state index contributed by atoms with van der Waals surface area (Å²) >= 11 is 0. The maximum Gasteiger partial charge on any atom is 0.253 e. The van der Waals surface area contributed by atoms with Crippen LogP contribution in [0.3, 0.4) is 0 Å². The van der Waals surface area contributed by atoms with Gasteiger partial charge in [-0.15, -0.1) is 0 Å². The highest BCUT2D eigenvalue weighted by Crippen LogP contribution is 2.13. The molecule has 0 atom stereocenters. The summed E-state index contributed by atoms with van der Waals surface area (Å²) in [6.45, 7) is 5.31. The predicted octanol–water partition coefficient (Wildman–Crippen LogP) is 1.86. The van der Waals surface area contributed by atoms with E-state index in [2.05, 4.69) is 9.62 Å². The van der Waals surface area contributed by atoms with Crippen molar-refractivity contribution in [2.24, 2.45) is 0 Å². The molecule has 0 bridgehead atoms. The van der Waals surface area contributed by atoms with E-state index in [0.29, 0.717) is 5.56 Å². The average Bonchev–Trinajstić information content (AvgIpc) is 2.67. The summed E-state index contributed by atoms with van der Waals surface area (Å²) < 4.78 is 27.3. The van der Waals surface area contributed by atoms with Gasteiger partial charge in [-0.05, 0) is 43.8 Å². The molecule has 0 spiro atoms. The van der Waals surface area contributed by atoms with E-state index in [4.69, 9.17) is 0 Å². The minimum atomic E-state index is -3.55. The molecule has 1 saturated heterocycles. The second-order valence-corrected chi connectivity index (χ2v) is 8.70. The lowest BCUT2D eigenvalue weighted by Gasteiger charge is -2.32. The number of carbonyl (C=O) groups is 1. The molecule has 1 amide bonds. The molecule has 2 aromatic rings. The fourth-order valence-corrected chi connectivity index (χ4v) is 3.95. The Morgan fingerprint density at radius 1 is 0.963 bits per heavy atom. The fraction of sp³-hybridized carbons (Fsp3) is 0.350. The number of carbonyl (C=O) groups excluding carboxylic acids is 1. The number of likely N-dealkylation sites (N-methyl/N-ethyl adjacent to an activating group) is 1. The van der Waals surface area contributed by atoms with Gasteiger partial charge in [0.15, 0.2) is 0 Å². The number of amides is 1. The van der Waals surface area contributed by atoms with Crippen molar-refractivity contribution in [3.8, 4) is 0 Å². The lowest BCUT2D eigenvalue weighted by Crippen LogP contribution is -2.47. The van der Waals surface area contributed by atoms with Gasteiger partial charge in [-0.3, -0.25) is 4.79 Å². The van der Waals surface area contributed by atoms with Crippen molar-refractivity contribution >= 4 is 15.9 Å². The average molecular weight is 388 g/mol. The first-order valence-electron chi connectivity index (χ1n) is 8.98. The number of rotatable bonds is 5. The zero-order valence-electron chi connectivity index (χ0n) is 15.7. The molecule has 27 heavy (non-hydrogen) atoms. The number of aryl methyl sites for hydroxylation is 1. The molecular weight excluding hydrogens is 362 g/mol. The van der Waals surface area contributed by atoms with Crippen LogP contribution in [0.2, 0.25) is 0 Å². The van der Waals surface area contributed by atoms with Gasteiger partial charge in [0.25, 0.3) is 5.91 Å². The van der Waals surface area contributed by atoms with Gasteiger partial charge >= 0.3 is 0 Å². The summed E-state index contributed by atoms with van der Waals surface area (Å²) in [5.74, 6) is 0.0230. The Labute approximate surface area is 160 Å². The van der Waals surface area contributed by atoms with Crippen LogP contribution in [0, 0.1) is 6.92 Å². The van der Waals surface area contributed by atoms with Gasteiger partial charge in [-0.1, -0.05) is 29.8 Å². The molecule has 1 fully saturated rings. The highest BCUT2D eigenvalue weighted by atomic mass is 32.2. The van der Waals surface area contributed by atoms with Crippen LogP contribution < -0.4 is 4.72 Å². The summed E-state index contributed by atoms with van der Waals surface area (Å²) in [4.78, 5) is 16.8. The predicted molar refractivity (Wildman–Crippen MR) is 105 cm³/mol. The molecule has 0 aliphatic carbocycles. The fourth-order valence-electron chi connectivity index (χ4n) is 2.94. The van der Waals surface area contributed by atoms with Gasteiger partial charge in [0.1, 0.15) is 0 Å². The van der Waals surface area contributed by atoms with Gasteiger partial charge in [0, 0.05) is 38.3 Å². The van der Waals surface area contributed by atoms with Gasteiger partial charge in [-0.25, -0.2) is 13.1 Å². The van der Waals surface area contributed by atoms with Gasteiger partial charge in [-0.2, -0.15) is 0 Å². The SMILES string of the molecule is Cc1ccc(S(=O)(=O)NCc2ccc(C(=O)N3CCN(C)CC3)cc2)cc1. The Hall–Kier alpha value is -2.22. The van der Waals surface area contributed by atoms with Gasteiger partial charge < -0.3 is 9.80 Å². The standard InChI is InChI=1S/C20H25N3O3S/c1-16-3-9-19(10-4-16)27(25,26)21-15-17-5-7-18(8-6-17)20(24)23-13-11-22(2)12-14-23/h3-10,21H,11-15H2,1-2H3. The van der Waals surface area contributed by atoms with Crippen molar-refractivity contribution in [2.75, 3.05) is 33.2 Å². The first-order valence-corrected chi connectivity index (χ1v) is 10.5. The Bertz CT molecular complexity index is 885. The van der Waals surface area contributed by atoms with E-state index in [1.165, 1.54) is 0 Å². The van der Waals surface area contributed by atoms with Gasteiger partial charge in [0.05, 0.1) is 4.90 Å². The number of piperazine rings is 1. The van der Waals surface area contributed by atoms with Crippen LogP contribution in [0.15, 0.2) is 53.4 Å². The third kappa shape index (κ3) is 4.94. The molecule has 2 aromatic carbocycles. The molecule has 0 radical (unpaired) electrons. The van der Waals surface area contributed by atoms with Crippen LogP contribution in [-0.2, 0) is 16.6 Å². The number of hydrogen-bond donors (Lipinski definition) is 1. The van der Waals surface area contributed by atoms with Crippen molar-refractivity contribution in [3.05, 3.63) is 65.2 Å². The van der Waals surface area contributed by atoms with Crippen LogP contribution in [0.5, 0.6) is 0 Å². The zero-order chi connectivity index (χ0) is 19.4. The molecule has 6 nitrogen and oxygen atoms in total. The van der Waals surface area contributed by atoms with Gasteiger partial charge in [0.2, 0.25) is 10.0 Å². The van der Waals surface area contributed by atoms with Crippen LogP contribution in [0.1, 0.15) is 21.5 Å². The molecule has 144 valence electrons. The number of hydrogen-bond acceptors (Lipinski definition) is 4. The highest BCUT2D eigenvalue weighted by molar-refractivity contribution is 7.89. The Kier molecular flexibility index (Phi) is 5.94. The first-order chi connectivity index (χ1) is 12.8. The third-order valence-electron chi connectivity index (χ3n) is 4.79. The van der Waals surface area contributed by atoms with Crippen LogP contribution in [0.4, 0.5) is 0 Å². The van der Waals surface area contributed by atoms with E-state index in [-0.39, 0.29) is 17.3 Å². The quantitative estimate of drug-likeness (QED) is 0.850. The first kappa shape index (κ1) is 19.5. The van der Waals surface area contributed by atoms with E-state index in [1.807, 2.05) is 18.9 Å². The van der Waals surface area contributed by atoms with E-state index in [0.717, 1.165) is 37.3 Å². The Morgan fingerprint density at radius 2 is 1.56 bits per heavy atom. The molecule has 1 aliphatic rings. The molecule has 0 aromatic heterocycles. The summed E-state index contributed by atoms with van der Waals surface area (Å²) in [7, 11) is -1.50. The Balaban J connectivity index is 1.60. The Morgan fingerprint density at radius 3 is 2.15 bits per heavy atom. The summed E-state index contributed by atoms with van der Waals surface area (Å²) in [6, 6.07) is 13.8. The molecule has 1 heterocycles. The number of sulfonamides is 1. The van der Waals surface area contributed by atoms with Crippen LogP contribution in [0.25, 0.3) is 0 Å². The van der Waals surface area contributed by atoms with E-state index >= 15 is 0 Å². The number of nitrogens with zero attached hydrogens (tertiary/aromatic N) is 2. The summed E-state index contributed by atoms with van der Waals surface area (Å²) in [5, 5.41) is 0. The molecule has 7 heteroatoms. The number of nitrogens with one attached hydrogen (secondary N) is 1. The van der Waals surface area contributed by atoms with Crippen molar-refractivity contribution in [3.63, 3.8) is 0 Å². The second kappa shape index (κ2) is 8.21. The normalized spacial score (nSPS) is 15.7. The molecule has 0 saturated carbocycles. The third-order valence-corrected chi connectivity index (χ3v) is 6.21. The van der Waals surface area contributed by atoms with Crippen molar-refractivity contribution in [1.29, 1.82) is 0 Å². The largest absolute Gasteiger partial charge is 0.336 e. The molecule has 1 N–H and O–H groups in total. The monoisotopic (exact) mass is 387 g/mol. The maximum atomic E-state index is 12.5. The second-order valence-electron chi connectivity index (χ2n) is 6.93. The molecule has 3 rings (SSSR count). The smallest absolute Gasteiger partial charge is 0.253 e. The topological polar surface area (TPSA) is 69.7 Å². The highest BCUT2D eigenvalue weighted by Gasteiger charge is 2.20. The maximum absolute atomic E-state index is 12.5. The van der Waals surface area contributed by atoms with Crippen molar-refractivity contribution < 1.29 is 13.2 Å². The zero-order valence-corrected chi connectivity index (χ0v) is 16.5. The summed E-state index contributed by atoms with van der Waals surface area (Å²) in [5.41, 5.74) is 2.44.